The number of rotatable bonds is 2. The molecule has 0 spiro atoms. The number of benzene rings is 1. The number of fused-ring (bicyclic) bond motifs is 1. The fraction of sp³-hybridized carbons (Fsp3) is 0.579. The minimum atomic E-state index is 0.673. The van der Waals surface area contributed by atoms with Crippen molar-refractivity contribution in [2.24, 2.45) is 23.7 Å². The van der Waals surface area contributed by atoms with E-state index in [0.29, 0.717) is 5.92 Å². The standard InChI is InChI=1S/C19H26/c1-13(2)16-10-8-14(3)12-19(16)18-11-9-15-6-4-5-7-17(15)18/h4-7,9,11,13-14,16,18-19H,8,10,12H2,1-3H3/t14-,16+,18?,19?/m1/s1. The van der Waals surface area contributed by atoms with Crippen LogP contribution < -0.4 is 0 Å². The molecule has 4 atom stereocenters. The molecular formula is C19H26. The highest BCUT2D eigenvalue weighted by atomic mass is 14.4. The van der Waals surface area contributed by atoms with Gasteiger partial charge < -0.3 is 0 Å². The van der Waals surface area contributed by atoms with Crippen LogP contribution in [0.3, 0.4) is 0 Å². The molecule has 0 heteroatoms. The minimum Gasteiger partial charge on any atom is -0.0761 e. The van der Waals surface area contributed by atoms with E-state index in [1.165, 1.54) is 24.8 Å². The van der Waals surface area contributed by atoms with Gasteiger partial charge in [0, 0.05) is 5.92 Å². The van der Waals surface area contributed by atoms with Crippen LogP contribution in [0.5, 0.6) is 0 Å². The van der Waals surface area contributed by atoms with E-state index in [1.807, 2.05) is 0 Å². The van der Waals surface area contributed by atoms with E-state index in [0.717, 1.165) is 23.7 Å². The van der Waals surface area contributed by atoms with Gasteiger partial charge in [0.15, 0.2) is 0 Å². The third-order valence-electron chi connectivity index (χ3n) is 5.37. The predicted octanol–water partition coefficient (Wildman–Crippen LogP) is 5.51. The molecule has 0 bridgehead atoms. The van der Waals surface area contributed by atoms with Crippen molar-refractivity contribution >= 4 is 6.08 Å². The lowest BCUT2D eigenvalue weighted by atomic mass is 9.64. The zero-order chi connectivity index (χ0) is 13.4. The van der Waals surface area contributed by atoms with E-state index in [9.17, 15) is 0 Å². The summed E-state index contributed by atoms with van der Waals surface area (Å²) >= 11 is 0. The molecule has 0 heterocycles. The number of hydrogen-bond donors (Lipinski definition) is 0. The first-order chi connectivity index (χ1) is 9.16. The largest absolute Gasteiger partial charge is 0.0761 e. The molecule has 0 nitrogen and oxygen atoms in total. The number of allylic oxidation sites excluding steroid dienone is 1. The van der Waals surface area contributed by atoms with Crippen LogP contribution >= 0.6 is 0 Å². The molecule has 0 saturated heterocycles. The molecule has 2 aliphatic rings. The lowest BCUT2D eigenvalue weighted by molar-refractivity contribution is 0.133. The SMILES string of the molecule is CC(C)[C@@H]1CC[C@@H](C)CC1C1C=Cc2ccccc21. The van der Waals surface area contributed by atoms with Crippen LogP contribution in [0.15, 0.2) is 30.3 Å². The summed E-state index contributed by atoms with van der Waals surface area (Å²) in [4.78, 5) is 0. The molecule has 0 aromatic heterocycles. The van der Waals surface area contributed by atoms with Crippen LogP contribution in [0, 0.1) is 23.7 Å². The maximum absolute atomic E-state index is 2.47. The second-order valence-corrected chi connectivity index (χ2v) is 7.00. The summed E-state index contributed by atoms with van der Waals surface area (Å²) in [6, 6.07) is 8.98. The quantitative estimate of drug-likeness (QED) is 0.653. The summed E-state index contributed by atoms with van der Waals surface area (Å²) in [6.07, 6.45) is 9.08. The van der Waals surface area contributed by atoms with E-state index >= 15 is 0 Å². The van der Waals surface area contributed by atoms with Gasteiger partial charge in [-0.25, -0.2) is 0 Å². The minimum absolute atomic E-state index is 0.673. The van der Waals surface area contributed by atoms with Gasteiger partial charge in [-0.2, -0.15) is 0 Å². The van der Waals surface area contributed by atoms with Gasteiger partial charge in [-0.15, -0.1) is 0 Å². The Balaban J connectivity index is 1.90. The first-order valence-electron chi connectivity index (χ1n) is 7.94. The molecule has 2 aliphatic carbocycles. The average Bonchev–Trinajstić information content (AvgIpc) is 2.82. The topological polar surface area (TPSA) is 0 Å². The molecule has 0 radical (unpaired) electrons. The van der Waals surface area contributed by atoms with Gasteiger partial charge in [-0.1, -0.05) is 63.6 Å². The van der Waals surface area contributed by atoms with Gasteiger partial charge in [-0.3, -0.25) is 0 Å². The average molecular weight is 254 g/mol. The van der Waals surface area contributed by atoms with Crippen molar-refractivity contribution in [2.45, 2.75) is 46.0 Å². The van der Waals surface area contributed by atoms with Crippen molar-refractivity contribution < 1.29 is 0 Å². The smallest absolute Gasteiger partial charge is 0.00583 e. The summed E-state index contributed by atoms with van der Waals surface area (Å²) in [5.74, 6) is 4.15. The monoisotopic (exact) mass is 254 g/mol. The van der Waals surface area contributed by atoms with Crippen LogP contribution in [-0.2, 0) is 0 Å². The molecule has 19 heavy (non-hydrogen) atoms. The Bertz CT molecular complexity index is 469. The highest BCUT2D eigenvalue weighted by Crippen LogP contribution is 2.48. The highest BCUT2D eigenvalue weighted by Gasteiger charge is 2.37. The molecule has 1 fully saturated rings. The summed E-state index contributed by atoms with van der Waals surface area (Å²) in [5.41, 5.74) is 3.03. The van der Waals surface area contributed by atoms with Crippen molar-refractivity contribution in [1.29, 1.82) is 0 Å². The number of hydrogen-bond acceptors (Lipinski definition) is 0. The Hall–Kier alpha value is -1.04. The van der Waals surface area contributed by atoms with Gasteiger partial charge in [0.1, 0.15) is 0 Å². The Kier molecular flexibility index (Phi) is 3.52. The Morgan fingerprint density at radius 2 is 1.89 bits per heavy atom. The van der Waals surface area contributed by atoms with Crippen LogP contribution in [0.1, 0.15) is 57.1 Å². The van der Waals surface area contributed by atoms with Gasteiger partial charge in [0.05, 0.1) is 0 Å². The van der Waals surface area contributed by atoms with Crippen LogP contribution in [0.2, 0.25) is 0 Å². The molecular weight excluding hydrogens is 228 g/mol. The van der Waals surface area contributed by atoms with Gasteiger partial charge in [0.25, 0.3) is 0 Å². The molecule has 1 saturated carbocycles. The Morgan fingerprint density at radius 1 is 1.11 bits per heavy atom. The van der Waals surface area contributed by atoms with Crippen molar-refractivity contribution in [3.05, 3.63) is 41.5 Å². The summed E-state index contributed by atoms with van der Waals surface area (Å²) in [5, 5.41) is 0. The van der Waals surface area contributed by atoms with Gasteiger partial charge in [-0.05, 0) is 47.6 Å². The fourth-order valence-electron chi connectivity index (χ4n) is 4.34. The van der Waals surface area contributed by atoms with Gasteiger partial charge >= 0.3 is 0 Å². The maximum Gasteiger partial charge on any atom is 0.00583 e. The predicted molar refractivity (Wildman–Crippen MR) is 83.1 cm³/mol. The molecule has 102 valence electrons. The van der Waals surface area contributed by atoms with Crippen molar-refractivity contribution in [3.8, 4) is 0 Å². The third kappa shape index (κ3) is 2.38. The molecule has 0 amide bonds. The van der Waals surface area contributed by atoms with Crippen molar-refractivity contribution in [2.75, 3.05) is 0 Å². The Labute approximate surface area is 117 Å². The lowest BCUT2D eigenvalue weighted by Gasteiger charge is -2.40. The van der Waals surface area contributed by atoms with Crippen LogP contribution in [0.4, 0.5) is 0 Å². The van der Waals surface area contributed by atoms with Crippen molar-refractivity contribution in [1.82, 2.24) is 0 Å². The summed E-state index contributed by atoms with van der Waals surface area (Å²) in [7, 11) is 0. The molecule has 1 aromatic carbocycles. The lowest BCUT2D eigenvalue weighted by Crippen LogP contribution is -2.31. The summed E-state index contributed by atoms with van der Waals surface area (Å²) in [6.45, 7) is 7.27. The van der Waals surface area contributed by atoms with Gasteiger partial charge in [0.2, 0.25) is 0 Å². The highest BCUT2D eigenvalue weighted by molar-refractivity contribution is 5.62. The van der Waals surface area contributed by atoms with E-state index in [1.54, 1.807) is 5.56 Å². The zero-order valence-corrected chi connectivity index (χ0v) is 12.5. The first-order valence-corrected chi connectivity index (χ1v) is 7.94. The van der Waals surface area contributed by atoms with Crippen LogP contribution in [0.25, 0.3) is 6.08 Å². The zero-order valence-electron chi connectivity index (χ0n) is 12.5. The molecule has 2 unspecified atom stereocenters. The second-order valence-electron chi connectivity index (χ2n) is 7.00. The maximum atomic E-state index is 2.47. The van der Waals surface area contributed by atoms with E-state index in [-0.39, 0.29) is 0 Å². The first kappa shape index (κ1) is 13.0. The fourth-order valence-corrected chi connectivity index (χ4v) is 4.34. The Morgan fingerprint density at radius 3 is 2.68 bits per heavy atom. The van der Waals surface area contributed by atoms with E-state index in [2.05, 4.69) is 57.2 Å². The molecule has 0 aliphatic heterocycles. The van der Waals surface area contributed by atoms with E-state index in [4.69, 9.17) is 0 Å². The molecule has 0 N–H and O–H groups in total. The van der Waals surface area contributed by atoms with Crippen molar-refractivity contribution in [3.63, 3.8) is 0 Å². The summed E-state index contributed by atoms with van der Waals surface area (Å²) < 4.78 is 0. The molecule has 1 aromatic rings. The normalized spacial score (nSPS) is 33.7. The molecule has 3 rings (SSSR count). The van der Waals surface area contributed by atoms with Crippen LogP contribution in [-0.4, -0.2) is 0 Å². The van der Waals surface area contributed by atoms with E-state index < -0.39 is 0 Å². The second kappa shape index (κ2) is 5.15. The third-order valence-corrected chi connectivity index (χ3v) is 5.37.